The van der Waals surface area contributed by atoms with Crippen LogP contribution in [0.1, 0.15) is 21.1 Å². The minimum absolute atomic E-state index is 0.0973. The second kappa shape index (κ2) is 5.77. The molecule has 2 aromatic rings. The highest BCUT2D eigenvalue weighted by Crippen LogP contribution is 2.29. The zero-order valence-corrected chi connectivity index (χ0v) is 12.3. The molecule has 0 saturated carbocycles. The molecule has 1 aromatic carbocycles. The van der Waals surface area contributed by atoms with Gasteiger partial charge in [0.2, 0.25) is 0 Å². The molecule has 0 spiro atoms. The SMILES string of the molecule is Cc1csc(COC(=O)c2cc(N)cc(Cl)c2Cl)n1. The monoisotopic (exact) mass is 316 g/mol. The average Bonchev–Trinajstić information content (AvgIpc) is 2.76. The van der Waals surface area contributed by atoms with E-state index in [0.29, 0.717) is 5.69 Å². The van der Waals surface area contributed by atoms with Gasteiger partial charge in [0.05, 0.1) is 15.6 Å². The highest BCUT2D eigenvalue weighted by molar-refractivity contribution is 7.09. The molecule has 2 rings (SSSR count). The maximum absolute atomic E-state index is 11.9. The normalized spacial score (nSPS) is 10.5. The smallest absolute Gasteiger partial charge is 0.340 e. The minimum Gasteiger partial charge on any atom is -0.455 e. The van der Waals surface area contributed by atoms with Crippen LogP contribution in [-0.4, -0.2) is 11.0 Å². The Morgan fingerprint density at radius 2 is 2.21 bits per heavy atom. The lowest BCUT2D eigenvalue weighted by molar-refractivity contribution is 0.0472. The first-order chi connectivity index (χ1) is 8.97. The molecule has 0 aliphatic carbocycles. The average molecular weight is 317 g/mol. The number of hydrogen-bond acceptors (Lipinski definition) is 5. The maximum Gasteiger partial charge on any atom is 0.340 e. The summed E-state index contributed by atoms with van der Waals surface area (Å²) in [6, 6.07) is 2.91. The summed E-state index contributed by atoms with van der Waals surface area (Å²) in [5, 5.41) is 2.96. The van der Waals surface area contributed by atoms with Gasteiger partial charge in [-0.25, -0.2) is 9.78 Å². The number of benzene rings is 1. The van der Waals surface area contributed by atoms with Crippen molar-refractivity contribution in [3.8, 4) is 0 Å². The van der Waals surface area contributed by atoms with Crippen molar-refractivity contribution in [2.45, 2.75) is 13.5 Å². The van der Waals surface area contributed by atoms with Crippen molar-refractivity contribution in [1.82, 2.24) is 4.98 Å². The fourth-order valence-electron chi connectivity index (χ4n) is 1.43. The molecule has 0 atom stereocenters. The van der Waals surface area contributed by atoms with Crippen LogP contribution in [0.3, 0.4) is 0 Å². The molecule has 0 unspecified atom stereocenters. The Balaban J connectivity index is 2.12. The van der Waals surface area contributed by atoms with E-state index in [0.717, 1.165) is 10.7 Å². The fourth-order valence-corrected chi connectivity index (χ4v) is 2.53. The molecule has 0 bridgehead atoms. The predicted molar refractivity (Wildman–Crippen MR) is 76.8 cm³/mol. The zero-order chi connectivity index (χ0) is 14.0. The van der Waals surface area contributed by atoms with Crippen molar-refractivity contribution in [3.63, 3.8) is 0 Å². The molecular weight excluding hydrogens is 307 g/mol. The van der Waals surface area contributed by atoms with E-state index >= 15 is 0 Å². The van der Waals surface area contributed by atoms with E-state index in [1.807, 2.05) is 12.3 Å². The number of esters is 1. The van der Waals surface area contributed by atoms with Gasteiger partial charge in [-0.3, -0.25) is 0 Å². The number of carbonyl (C=O) groups is 1. The summed E-state index contributed by atoms with van der Waals surface area (Å²) in [6.45, 7) is 1.97. The molecule has 0 fully saturated rings. The van der Waals surface area contributed by atoms with Gasteiger partial charge in [-0.05, 0) is 19.1 Å². The molecule has 1 heterocycles. The van der Waals surface area contributed by atoms with Crippen molar-refractivity contribution >= 4 is 46.2 Å². The predicted octanol–water partition coefficient (Wildman–Crippen LogP) is 3.70. The number of carbonyl (C=O) groups excluding carboxylic acids is 1. The van der Waals surface area contributed by atoms with Gasteiger partial charge in [-0.2, -0.15) is 0 Å². The Bertz CT molecular complexity index is 628. The molecule has 19 heavy (non-hydrogen) atoms. The van der Waals surface area contributed by atoms with Gasteiger partial charge in [0.15, 0.2) is 0 Å². The van der Waals surface area contributed by atoms with Gasteiger partial charge in [0, 0.05) is 16.8 Å². The van der Waals surface area contributed by atoms with Crippen molar-refractivity contribution in [2.24, 2.45) is 0 Å². The number of nitrogen functional groups attached to an aromatic ring is 1. The van der Waals surface area contributed by atoms with Crippen LogP contribution in [-0.2, 0) is 11.3 Å². The van der Waals surface area contributed by atoms with Crippen LogP contribution in [0.25, 0.3) is 0 Å². The Morgan fingerprint density at radius 1 is 1.47 bits per heavy atom. The third-order valence-electron chi connectivity index (χ3n) is 2.26. The summed E-state index contributed by atoms with van der Waals surface area (Å²) in [5.74, 6) is -0.577. The first-order valence-electron chi connectivity index (χ1n) is 5.30. The van der Waals surface area contributed by atoms with Gasteiger partial charge < -0.3 is 10.5 Å². The molecule has 4 nitrogen and oxygen atoms in total. The highest BCUT2D eigenvalue weighted by Gasteiger charge is 2.16. The summed E-state index contributed by atoms with van der Waals surface area (Å²) in [5.41, 5.74) is 7.01. The lowest BCUT2D eigenvalue weighted by atomic mass is 10.2. The first kappa shape index (κ1) is 14.1. The molecule has 0 amide bonds. The van der Waals surface area contributed by atoms with Crippen LogP contribution in [0.5, 0.6) is 0 Å². The lowest BCUT2D eigenvalue weighted by Crippen LogP contribution is -2.07. The third kappa shape index (κ3) is 3.37. The van der Waals surface area contributed by atoms with Gasteiger partial charge in [-0.15, -0.1) is 11.3 Å². The number of hydrogen-bond donors (Lipinski definition) is 1. The number of anilines is 1. The Morgan fingerprint density at radius 3 is 2.84 bits per heavy atom. The minimum atomic E-state index is -0.577. The third-order valence-corrected chi connectivity index (χ3v) is 4.01. The molecule has 0 aliphatic heterocycles. The van der Waals surface area contributed by atoms with Crippen molar-refractivity contribution < 1.29 is 9.53 Å². The molecule has 0 radical (unpaired) electrons. The molecule has 7 heteroatoms. The van der Waals surface area contributed by atoms with E-state index < -0.39 is 5.97 Å². The number of nitrogens with zero attached hydrogens (tertiary/aromatic N) is 1. The summed E-state index contributed by atoms with van der Waals surface area (Å²) >= 11 is 13.2. The fraction of sp³-hybridized carbons (Fsp3) is 0.167. The van der Waals surface area contributed by atoms with Crippen molar-refractivity contribution in [2.75, 3.05) is 5.73 Å². The second-order valence-corrected chi connectivity index (χ2v) is 5.55. The number of aryl methyl sites for hydroxylation is 1. The van der Waals surface area contributed by atoms with E-state index in [-0.39, 0.29) is 22.2 Å². The molecular formula is C12H10Cl2N2O2S. The number of halogens is 2. The summed E-state index contributed by atoms with van der Waals surface area (Å²) in [6.07, 6.45) is 0. The highest BCUT2D eigenvalue weighted by atomic mass is 35.5. The van der Waals surface area contributed by atoms with Crippen LogP contribution in [0, 0.1) is 6.92 Å². The van der Waals surface area contributed by atoms with E-state index in [1.54, 1.807) is 0 Å². The Hall–Kier alpha value is -1.30. The molecule has 0 saturated heterocycles. The molecule has 2 N–H and O–H groups in total. The van der Waals surface area contributed by atoms with E-state index in [4.69, 9.17) is 33.7 Å². The van der Waals surface area contributed by atoms with Gasteiger partial charge >= 0.3 is 5.97 Å². The number of ether oxygens (including phenoxy) is 1. The first-order valence-corrected chi connectivity index (χ1v) is 6.93. The summed E-state index contributed by atoms with van der Waals surface area (Å²) in [4.78, 5) is 16.1. The molecule has 100 valence electrons. The zero-order valence-electron chi connectivity index (χ0n) is 9.94. The molecule has 1 aromatic heterocycles. The standard InChI is InChI=1S/C12H10Cl2N2O2S/c1-6-5-19-10(16-6)4-18-12(17)8-2-7(15)3-9(13)11(8)14/h2-3,5H,4,15H2,1H3. The number of nitrogens with two attached hydrogens (primary N) is 1. The van der Waals surface area contributed by atoms with E-state index in [1.165, 1.54) is 23.5 Å². The molecule has 0 aliphatic rings. The van der Waals surface area contributed by atoms with Gasteiger partial charge in [0.25, 0.3) is 0 Å². The summed E-state index contributed by atoms with van der Waals surface area (Å²) < 4.78 is 5.13. The van der Waals surface area contributed by atoms with Crippen LogP contribution in [0.15, 0.2) is 17.5 Å². The van der Waals surface area contributed by atoms with Crippen LogP contribution >= 0.6 is 34.5 Å². The van der Waals surface area contributed by atoms with Gasteiger partial charge in [0.1, 0.15) is 11.6 Å². The van der Waals surface area contributed by atoms with Crippen LogP contribution in [0.2, 0.25) is 10.0 Å². The van der Waals surface area contributed by atoms with Gasteiger partial charge in [-0.1, -0.05) is 23.2 Å². The topological polar surface area (TPSA) is 65.2 Å². The van der Waals surface area contributed by atoms with E-state index in [2.05, 4.69) is 4.98 Å². The number of rotatable bonds is 3. The maximum atomic E-state index is 11.9. The largest absolute Gasteiger partial charge is 0.455 e. The van der Waals surface area contributed by atoms with Crippen LogP contribution < -0.4 is 5.73 Å². The van der Waals surface area contributed by atoms with Crippen molar-refractivity contribution in [1.29, 1.82) is 0 Å². The number of thiazole rings is 1. The second-order valence-electron chi connectivity index (χ2n) is 3.82. The quantitative estimate of drug-likeness (QED) is 0.692. The Labute approximate surface area is 124 Å². The Kier molecular flexibility index (Phi) is 4.29. The van der Waals surface area contributed by atoms with E-state index in [9.17, 15) is 4.79 Å². The number of aromatic nitrogens is 1. The van der Waals surface area contributed by atoms with Crippen LogP contribution in [0.4, 0.5) is 5.69 Å². The summed E-state index contributed by atoms with van der Waals surface area (Å²) in [7, 11) is 0. The lowest BCUT2D eigenvalue weighted by Gasteiger charge is -2.07. The van der Waals surface area contributed by atoms with Crippen molar-refractivity contribution in [3.05, 3.63) is 43.8 Å².